The lowest BCUT2D eigenvalue weighted by atomic mass is 9.93. The Kier molecular flexibility index (Phi) is 6.69. The van der Waals surface area contributed by atoms with Crippen molar-refractivity contribution in [3.05, 3.63) is 157 Å². The van der Waals surface area contributed by atoms with Gasteiger partial charge in [0.25, 0.3) is 0 Å². The second-order valence-corrected chi connectivity index (χ2v) is 11.8. The molecule has 0 spiro atoms. The van der Waals surface area contributed by atoms with Crippen LogP contribution in [0.4, 0.5) is 0 Å². The predicted octanol–water partition coefficient (Wildman–Crippen LogP) is 10.6. The molecule has 0 amide bonds. The first kappa shape index (κ1) is 27.5. The molecule has 46 heavy (non-hydrogen) atoms. The highest BCUT2D eigenvalue weighted by Gasteiger charge is 2.17. The van der Waals surface area contributed by atoms with Crippen LogP contribution in [0.5, 0.6) is 5.75 Å². The van der Waals surface area contributed by atoms with Gasteiger partial charge in [0.2, 0.25) is 0 Å². The predicted molar refractivity (Wildman–Crippen MR) is 189 cm³/mol. The highest BCUT2D eigenvalue weighted by Crippen LogP contribution is 2.39. The molecule has 3 aromatic heterocycles. The number of aromatic hydroxyl groups is 1. The third-order valence-electron chi connectivity index (χ3n) is 8.81. The molecule has 0 saturated carbocycles. The van der Waals surface area contributed by atoms with E-state index in [4.69, 9.17) is 9.97 Å². The zero-order valence-electron chi connectivity index (χ0n) is 25.6. The van der Waals surface area contributed by atoms with E-state index in [9.17, 15) is 5.11 Å². The zero-order valence-corrected chi connectivity index (χ0v) is 25.6. The first-order valence-electron chi connectivity index (χ1n) is 15.5. The Bertz CT molecular complexity index is 2330. The fraction of sp³-hybridized carbons (Fsp3) is 0.0476. The van der Waals surface area contributed by atoms with Gasteiger partial charge in [-0.3, -0.25) is 4.57 Å². The average Bonchev–Trinajstić information content (AvgIpc) is 3.43. The lowest BCUT2D eigenvalue weighted by Crippen LogP contribution is -1.97. The molecule has 220 valence electrons. The maximum atomic E-state index is 11.2. The van der Waals surface area contributed by atoms with E-state index < -0.39 is 0 Å². The van der Waals surface area contributed by atoms with Crippen LogP contribution >= 0.6 is 0 Å². The zero-order chi connectivity index (χ0) is 31.2. The van der Waals surface area contributed by atoms with E-state index in [1.165, 1.54) is 22.1 Å². The van der Waals surface area contributed by atoms with E-state index in [0.29, 0.717) is 5.56 Å². The minimum Gasteiger partial charge on any atom is -0.507 e. The Hall–Kier alpha value is -6.00. The second kappa shape index (κ2) is 11.2. The third kappa shape index (κ3) is 4.72. The average molecular weight is 594 g/mol. The summed E-state index contributed by atoms with van der Waals surface area (Å²) in [5, 5.41) is 13.5. The Labute approximate surface area is 267 Å². The van der Waals surface area contributed by atoms with Gasteiger partial charge >= 0.3 is 0 Å². The number of benzene rings is 5. The SMILES string of the molecule is Cc1cccc(C)c1-c1cc(-c2cccc(-n3c4ccccc4c4cccnc43)c2)nc(-c2cc(-c3ccccc3)ccc2O)c1. The maximum absolute atomic E-state index is 11.2. The van der Waals surface area contributed by atoms with Crippen LogP contribution in [0.3, 0.4) is 0 Å². The first-order valence-corrected chi connectivity index (χ1v) is 15.5. The largest absolute Gasteiger partial charge is 0.507 e. The van der Waals surface area contributed by atoms with Gasteiger partial charge in [0, 0.05) is 33.8 Å². The number of nitrogens with zero attached hydrogens (tertiary/aromatic N) is 3. The molecule has 0 aliphatic rings. The fourth-order valence-corrected chi connectivity index (χ4v) is 6.64. The minimum atomic E-state index is 0.196. The van der Waals surface area contributed by atoms with Crippen LogP contribution in [0.1, 0.15) is 11.1 Å². The molecule has 5 aromatic carbocycles. The van der Waals surface area contributed by atoms with Gasteiger partial charge in [-0.1, -0.05) is 84.9 Å². The molecule has 0 aliphatic carbocycles. The fourth-order valence-electron chi connectivity index (χ4n) is 6.64. The molecule has 0 aliphatic heterocycles. The van der Waals surface area contributed by atoms with Crippen molar-refractivity contribution in [3.8, 4) is 56.2 Å². The van der Waals surface area contributed by atoms with Crippen LogP contribution in [-0.2, 0) is 0 Å². The van der Waals surface area contributed by atoms with Crippen molar-refractivity contribution in [2.45, 2.75) is 13.8 Å². The molecular formula is C42H31N3O. The molecule has 1 N–H and O–H groups in total. The van der Waals surface area contributed by atoms with Crippen molar-refractivity contribution in [2.24, 2.45) is 0 Å². The van der Waals surface area contributed by atoms with E-state index in [2.05, 4.69) is 115 Å². The molecule has 0 atom stereocenters. The lowest BCUT2D eigenvalue weighted by Gasteiger charge is -2.16. The molecule has 3 heterocycles. The summed E-state index contributed by atoms with van der Waals surface area (Å²) in [5.74, 6) is 0.196. The number of para-hydroxylation sites is 1. The Morgan fingerprint density at radius 2 is 1.26 bits per heavy atom. The van der Waals surface area contributed by atoms with Gasteiger partial charge in [-0.05, 0) is 102 Å². The number of hydrogen-bond donors (Lipinski definition) is 1. The summed E-state index contributed by atoms with van der Waals surface area (Å²) in [5.41, 5.74) is 13.0. The normalized spacial score (nSPS) is 11.3. The number of fused-ring (bicyclic) bond motifs is 3. The molecular weight excluding hydrogens is 562 g/mol. The van der Waals surface area contributed by atoms with Crippen molar-refractivity contribution >= 4 is 21.9 Å². The molecule has 0 bridgehead atoms. The highest BCUT2D eigenvalue weighted by atomic mass is 16.3. The Morgan fingerprint density at radius 3 is 2.11 bits per heavy atom. The Balaban J connectivity index is 1.35. The summed E-state index contributed by atoms with van der Waals surface area (Å²) < 4.78 is 2.22. The third-order valence-corrected chi connectivity index (χ3v) is 8.81. The molecule has 8 aromatic rings. The van der Waals surface area contributed by atoms with E-state index >= 15 is 0 Å². The smallest absolute Gasteiger partial charge is 0.145 e. The van der Waals surface area contributed by atoms with Gasteiger partial charge in [-0.25, -0.2) is 9.97 Å². The van der Waals surface area contributed by atoms with E-state index in [1.807, 2.05) is 42.6 Å². The summed E-state index contributed by atoms with van der Waals surface area (Å²) in [4.78, 5) is 10.0. The summed E-state index contributed by atoms with van der Waals surface area (Å²) in [6.45, 7) is 4.29. The van der Waals surface area contributed by atoms with Gasteiger partial charge < -0.3 is 5.11 Å². The molecule has 4 heteroatoms. The number of hydrogen-bond acceptors (Lipinski definition) is 3. The number of rotatable bonds is 5. The van der Waals surface area contributed by atoms with Crippen molar-refractivity contribution in [1.82, 2.24) is 14.5 Å². The molecule has 8 rings (SSSR count). The van der Waals surface area contributed by atoms with Crippen molar-refractivity contribution in [1.29, 1.82) is 0 Å². The van der Waals surface area contributed by atoms with Crippen molar-refractivity contribution < 1.29 is 5.11 Å². The van der Waals surface area contributed by atoms with Gasteiger partial charge in [0.1, 0.15) is 11.4 Å². The summed E-state index contributed by atoms with van der Waals surface area (Å²) in [6.07, 6.45) is 1.85. The Morgan fingerprint density at radius 1 is 0.543 bits per heavy atom. The molecule has 0 radical (unpaired) electrons. The standard InChI is InChI=1S/C42H31N3O/c1-27-11-8-12-28(2)41(27)32-25-37(44-38(26-32)36-24-30(20-21-40(36)46)29-13-4-3-5-14-29)31-15-9-16-33(23-31)45-39-19-7-6-17-34(39)35-18-10-22-43-42(35)45/h3-26,46H,1-2H3. The molecule has 0 unspecified atom stereocenters. The van der Waals surface area contributed by atoms with Gasteiger partial charge in [0.05, 0.1) is 16.9 Å². The second-order valence-electron chi connectivity index (χ2n) is 11.8. The quantitative estimate of drug-likeness (QED) is 0.216. The van der Waals surface area contributed by atoms with E-state index in [0.717, 1.165) is 55.9 Å². The van der Waals surface area contributed by atoms with Crippen LogP contribution in [0.2, 0.25) is 0 Å². The van der Waals surface area contributed by atoms with Gasteiger partial charge in [0.15, 0.2) is 0 Å². The van der Waals surface area contributed by atoms with Crippen LogP contribution in [0.15, 0.2) is 146 Å². The molecule has 4 nitrogen and oxygen atoms in total. The molecule has 0 saturated heterocycles. The summed E-state index contributed by atoms with van der Waals surface area (Å²) in [6, 6.07) is 47.7. The summed E-state index contributed by atoms with van der Waals surface area (Å²) >= 11 is 0. The van der Waals surface area contributed by atoms with Gasteiger partial charge in [-0.15, -0.1) is 0 Å². The first-order chi connectivity index (χ1) is 22.5. The number of phenols is 1. The minimum absolute atomic E-state index is 0.196. The number of aryl methyl sites for hydroxylation is 2. The van der Waals surface area contributed by atoms with Crippen LogP contribution in [0.25, 0.3) is 72.4 Å². The van der Waals surface area contributed by atoms with Crippen molar-refractivity contribution in [3.63, 3.8) is 0 Å². The van der Waals surface area contributed by atoms with Crippen molar-refractivity contribution in [2.75, 3.05) is 0 Å². The number of phenolic OH excluding ortho intramolecular Hbond substituents is 1. The number of pyridine rings is 2. The topological polar surface area (TPSA) is 50.9 Å². The van der Waals surface area contributed by atoms with Crippen LogP contribution in [-0.4, -0.2) is 19.6 Å². The van der Waals surface area contributed by atoms with E-state index in [-0.39, 0.29) is 5.75 Å². The highest BCUT2D eigenvalue weighted by molar-refractivity contribution is 6.07. The van der Waals surface area contributed by atoms with E-state index in [1.54, 1.807) is 6.07 Å². The van der Waals surface area contributed by atoms with Crippen LogP contribution < -0.4 is 0 Å². The molecule has 0 fully saturated rings. The van der Waals surface area contributed by atoms with Crippen LogP contribution in [0, 0.1) is 13.8 Å². The maximum Gasteiger partial charge on any atom is 0.145 e. The van der Waals surface area contributed by atoms with Gasteiger partial charge in [-0.2, -0.15) is 0 Å². The lowest BCUT2D eigenvalue weighted by molar-refractivity contribution is 0.477. The monoisotopic (exact) mass is 593 g/mol. The number of aromatic nitrogens is 3. The summed E-state index contributed by atoms with van der Waals surface area (Å²) in [7, 11) is 0.